The van der Waals surface area contributed by atoms with E-state index in [9.17, 15) is 0 Å². The van der Waals surface area contributed by atoms with Crippen LogP contribution in [0.25, 0.3) is 54.9 Å². The lowest BCUT2D eigenvalue weighted by Crippen LogP contribution is -2.41. The Morgan fingerprint density at radius 1 is 0.435 bits per heavy atom. The molecule has 0 saturated heterocycles. The number of nitrogens with one attached hydrogen (secondary N) is 1. The van der Waals surface area contributed by atoms with E-state index in [-0.39, 0.29) is 0 Å². The van der Waals surface area contributed by atoms with Crippen molar-refractivity contribution >= 4 is 68.2 Å². The Labute approximate surface area is 361 Å². The molecule has 0 amide bonds. The van der Waals surface area contributed by atoms with Crippen molar-refractivity contribution in [3.63, 3.8) is 0 Å². The maximum atomic E-state index is 6.58. The second-order valence-electron chi connectivity index (χ2n) is 16.1. The molecular formula is C57H38BN2O2. The third-order valence-electron chi connectivity index (χ3n) is 12.2. The topological polar surface area (TPSA) is 33.7 Å². The van der Waals surface area contributed by atoms with Gasteiger partial charge in [-0.3, -0.25) is 0 Å². The van der Waals surface area contributed by atoms with Crippen LogP contribution in [0.3, 0.4) is 0 Å². The van der Waals surface area contributed by atoms with Crippen molar-refractivity contribution in [1.29, 1.82) is 0 Å². The maximum Gasteiger partial charge on any atom is 0.198 e. The number of benzene rings is 10. The first-order valence-corrected chi connectivity index (χ1v) is 21.1. The zero-order chi connectivity index (χ0) is 41.1. The SMILES string of the molecule is Cc1cc(-c2ccccc2)ccc1N1c2cc3c(cc2[B]c2c(-c4cc5ccccc5cc4Nc4ccc(-c5ccccc5)cc4)cc4ccccc4c21)Oc1ccccc1O3. The van der Waals surface area contributed by atoms with Crippen molar-refractivity contribution in [2.24, 2.45) is 0 Å². The zero-order valence-corrected chi connectivity index (χ0v) is 34.0. The van der Waals surface area contributed by atoms with Crippen molar-refractivity contribution in [2.75, 3.05) is 10.2 Å². The summed E-state index contributed by atoms with van der Waals surface area (Å²) in [6.07, 6.45) is 0. The van der Waals surface area contributed by atoms with Crippen molar-refractivity contribution in [3.05, 3.63) is 212 Å². The van der Waals surface area contributed by atoms with Gasteiger partial charge in [-0.1, -0.05) is 145 Å². The van der Waals surface area contributed by atoms with Crippen molar-refractivity contribution in [2.45, 2.75) is 6.92 Å². The number of fused-ring (bicyclic) bond motifs is 7. The Morgan fingerprint density at radius 2 is 1.00 bits per heavy atom. The van der Waals surface area contributed by atoms with Crippen LogP contribution < -0.4 is 30.6 Å². The van der Waals surface area contributed by atoms with Gasteiger partial charge in [0.25, 0.3) is 0 Å². The molecule has 1 radical (unpaired) electrons. The molecule has 12 rings (SSSR count). The van der Waals surface area contributed by atoms with Crippen molar-refractivity contribution in [1.82, 2.24) is 0 Å². The molecular weight excluding hydrogens is 755 g/mol. The number of nitrogens with zero attached hydrogens (tertiary/aromatic N) is 1. The lowest BCUT2D eigenvalue weighted by Gasteiger charge is -2.38. The summed E-state index contributed by atoms with van der Waals surface area (Å²) in [5.74, 6) is 2.78. The fourth-order valence-electron chi connectivity index (χ4n) is 9.19. The van der Waals surface area contributed by atoms with Gasteiger partial charge >= 0.3 is 0 Å². The number of hydrogen-bond donors (Lipinski definition) is 1. The highest BCUT2D eigenvalue weighted by Gasteiger charge is 2.33. The van der Waals surface area contributed by atoms with Crippen LogP contribution in [-0.4, -0.2) is 7.28 Å². The first kappa shape index (κ1) is 35.9. The molecule has 291 valence electrons. The first-order chi connectivity index (χ1) is 30.6. The maximum absolute atomic E-state index is 6.58. The number of rotatable bonds is 6. The first-order valence-electron chi connectivity index (χ1n) is 21.1. The Bertz CT molecular complexity index is 3370. The highest BCUT2D eigenvalue weighted by Crippen LogP contribution is 2.50. The predicted octanol–water partition coefficient (Wildman–Crippen LogP) is 14.4. The molecule has 4 nitrogen and oxygen atoms in total. The van der Waals surface area contributed by atoms with Gasteiger partial charge in [0.05, 0.1) is 0 Å². The Morgan fingerprint density at radius 3 is 1.71 bits per heavy atom. The average Bonchev–Trinajstić information content (AvgIpc) is 3.32. The number of aryl methyl sites for hydroxylation is 1. The Balaban J connectivity index is 1.08. The third-order valence-corrected chi connectivity index (χ3v) is 12.2. The lowest BCUT2D eigenvalue weighted by atomic mass is 9.57. The van der Waals surface area contributed by atoms with E-state index in [1.165, 1.54) is 33.0 Å². The molecule has 0 aromatic heterocycles. The molecule has 0 saturated carbocycles. The molecule has 0 aliphatic carbocycles. The number of anilines is 5. The van der Waals surface area contributed by atoms with Gasteiger partial charge in [0, 0.05) is 45.5 Å². The molecule has 0 bridgehead atoms. The number of ether oxygens (including phenoxy) is 2. The van der Waals surface area contributed by atoms with Crippen LogP contribution >= 0.6 is 0 Å². The van der Waals surface area contributed by atoms with Gasteiger partial charge in [-0.25, -0.2) is 0 Å². The average molecular weight is 794 g/mol. The number of para-hydroxylation sites is 2. The quantitative estimate of drug-likeness (QED) is 0.170. The second kappa shape index (κ2) is 14.6. The minimum Gasteiger partial charge on any atom is -0.450 e. The third kappa shape index (κ3) is 6.17. The van der Waals surface area contributed by atoms with E-state index in [1.54, 1.807) is 0 Å². The van der Waals surface area contributed by atoms with Crippen LogP contribution in [0.15, 0.2) is 206 Å². The molecule has 62 heavy (non-hydrogen) atoms. The standard InChI is InChI=1S/C57H38BN2O2/c1-36-30-42(38-16-6-3-7-17-38)26-29-50(36)60-51-35-55-54(61-52-22-12-13-23-53(52)62-55)34-48(51)58-56-47(32-43-20-10-11-21-45(43)57(56)60)46-31-40-18-8-9-19-41(40)33-49(46)59-44-27-24-39(25-28-44)37-14-4-2-5-15-37/h2-35,59H,1H3. The predicted molar refractivity (Wildman–Crippen MR) is 259 cm³/mol. The van der Waals surface area contributed by atoms with E-state index >= 15 is 0 Å². The normalized spacial score (nSPS) is 12.3. The molecule has 0 atom stereocenters. The van der Waals surface area contributed by atoms with Crippen LogP contribution in [0, 0.1) is 6.92 Å². The fraction of sp³-hybridized carbons (Fsp3) is 0.0175. The summed E-state index contributed by atoms with van der Waals surface area (Å²) in [6, 6.07) is 73.2. The molecule has 0 fully saturated rings. The Hall–Kier alpha value is -8.02. The van der Waals surface area contributed by atoms with E-state index in [1.807, 2.05) is 24.3 Å². The van der Waals surface area contributed by atoms with Gasteiger partial charge in [-0.2, -0.15) is 0 Å². The van der Waals surface area contributed by atoms with Crippen LogP contribution in [-0.2, 0) is 0 Å². The van der Waals surface area contributed by atoms with Crippen molar-refractivity contribution < 1.29 is 9.47 Å². The summed E-state index contributed by atoms with van der Waals surface area (Å²) >= 11 is 0. The zero-order valence-electron chi connectivity index (χ0n) is 34.0. The van der Waals surface area contributed by atoms with E-state index in [0.717, 1.165) is 66.8 Å². The minimum atomic E-state index is 0.683. The van der Waals surface area contributed by atoms with Crippen LogP contribution in [0.1, 0.15) is 5.56 Å². The second-order valence-corrected chi connectivity index (χ2v) is 16.1. The van der Waals surface area contributed by atoms with Crippen LogP contribution in [0.5, 0.6) is 23.0 Å². The smallest absolute Gasteiger partial charge is 0.198 e. The molecule has 10 aromatic rings. The monoisotopic (exact) mass is 793 g/mol. The van der Waals surface area contributed by atoms with Crippen molar-refractivity contribution in [3.8, 4) is 56.4 Å². The van der Waals surface area contributed by atoms with Gasteiger partial charge in [0.2, 0.25) is 0 Å². The van der Waals surface area contributed by atoms with E-state index in [4.69, 9.17) is 9.47 Å². The summed E-state index contributed by atoms with van der Waals surface area (Å²) in [6.45, 7) is 2.22. The summed E-state index contributed by atoms with van der Waals surface area (Å²) < 4.78 is 13.1. The number of hydrogen-bond acceptors (Lipinski definition) is 4. The highest BCUT2D eigenvalue weighted by molar-refractivity contribution is 6.74. The fourth-order valence-corrected chi connectivity index (χ4v) is 9.19. The summed E-state index contributed by atoms with van der Waals surface area (Å²) in [7, 11) is 2.34. The van der Waals surface area contributed by atoms with Crippen LogP contribution in [0.4, 0.5) is 28.4 Å². The summed E-state index contributed by atoms with van der Waals surface area (Å²) in [5, 5.41) is 8.53. The molecule has 2 aliphatic heterocycles. The molecule has 10 aromatic carbocycles. The molecule has 5 heteroatoms. The van der Waals surface area contributed by atoms with E-state index < -0.39 is 0 Å². The molecule has 2 aliphatic rings. The van der Waals surface area contributed by atoms with E-state index in [0.29, 0.717) is 23.0 Å². The van der Waals surface area contributed by atoms with E-state index in [2.05, 4.69) is 206 Å². The molecule has 0 spiro atoms. The molecule has 1 N–H and O–H groups in total. The van der Waals surface area contributed by atoms with Gasteiger partial charge in [0.1, 0.15) is 0 Å². The molecule has 0 unspecified atom stereocenters. The lowest BCUT2D eigenvalue weighted by molar-refractivity contribution is 0.360. The minimum absolute atomic E-state index is 0.683. The van der Waals surface area contributed by atoms with Gasteiger partial charge in [-0.05, 0) is 123 Å². The van der Waals surface area contributed by atoms with Gasteiger partial charge < -0.3 is 19.7 Å². The largest absolute Gasteiger partial charge is 0.450 e. The summed E-state index contributed by atoms with van der Waals surface area (Å²) in [4.78, 5) is 2.45. The molecule has 2 heterocycles. The van der Waals surface area contributed by atoms with Gasteiger partial charge in [0.15, 0.2) is 30.3 Å². The summed E-state index contributed by atoms with van der Waals surface area (Å²) in [5.41, 5.74) is 15.6. The van der Waals surface area contributed by atoms with Crippen LogP contribution in [0.2, 0.25) is 0 Å². The van der Waals surface area contributed by atoms with Gasteiger partial charge in [-0.15, -0.1) is 0 Å². The Kier molecular flexibility index (Phi) is 8.46. The highest BCUT2D eigenvalue weighted by atomic mass is 16.6.